The van der Waals surface area contributed by atoms with Crippen LogP contribution in [0.25, 0.3) is 0 Å². The number of hydrogen-bond acceptors (Lipinski definition) is 12. The van der Waals surface area contributed by atoms with Crippen LogP contribution in [0.4, 0.5) is 0 Å². The van der Waals surface area contributed by atoms with Gasteiger partial charge in [0.25, 0.3) is 0 Å². The van der Waals surface area contributed by atoms with Crippen LogP contribution in [-0.2, 0) is 32.7 Å². The van der Waals surface area contributed by atoms with Crippen molar-refractivity contribution in [3.8, 4) is 0 Å². The van der Waals surface area contributed by atoms with Gasteiger partial charge in [-0.2, -0.15) is 0 Å². The topological polar surface area (TPSA) is 210 Å². The number of unbranched alkanes of at least 4 members (excludes halogenated alkanes) is 25. The predicted octanol–water partition coefficient (Wildman–Crippen LogP) is 9.06. The quantitative estimate of drug-likeness (QED) is 0.0148. The third kappa shape index (κ3) is 28.7. The lowest BCUT2D eigenvalue weighted by atomic mass is 9.85. The molecule has 6 N–H and O–H groups in total. The zero-order valence-electron chi connectivity index (χ0n) is 36.8. The molecular formula is C45H85O13P. The van der Waals surface area contributed by atoms with Crippen molar-refractivity contribution in [2.75, 3.05) is 13.2 Å². The molecule has 6 unspecified atom stereocenters. The summed E-state index contributed by atoms with van der Waals surface area (Å²) in [6, 6.07) is 0. The normalized spacial score (nSPS) is 22.4. The number of rotatable bonds is 39. The van der Waals surface area contributed by atoms with E-state index in [4.69, 9.17) is 18.5 Å². The molecule has 1 rings (SSSR count). The van der Waals surface area contributed by atoms with E-state index in [2.05, 4.69) is 26.0 Å². The molecule has 0 saturated heterocycles. The van der Waals surface area contributed by atoms with Gasteiger partial charge in [-0.15, -0.1) is 0 Å². The number of ether oxygens (including phenoxy) is 2. The summed E-state index contributed by atoms with van der Waals surface area (Å²) in [5.41, 5.74) is 0. The first kappa shape index (κ1) is 55.6. The Kier molecular flexibility index (Phi) is 34.0. The summed E-state index contributed by atoms with van der Waals surface area (Å²) in [5.74, 6) is -1.11. The highest BCUT2D eigenvalue weighted by molar-refractivity contribution is 7.47. The molecule has 0 bridgehead atoms. The fraction of sp³-hybridized carbons (Fsp3) is 0.911. The van der Waals surface area contributed by atoms with Crippen molar-refractivity contribution in [1.29, 1.82) is 0 Å². The highest BCUT2D eigenvalue weighted by Gasteiger charge is 2.51. The van der Waals surface area contributed by atoms with E-state index in [-0.39, 0.29) is 12.8 Å². The van der Waals surface area contributed by atoms with Crippen LogP contribution in [0.15, 0.2) is 12.2 Å². The van der Waals surface area contributed by atoms with Gasteiger partial charge in [-0.25, -0.2) is 4.57 Å². The third-order valence-electron chi connectivity index (χ3n) is 11.1. The Bertz CT molecular complexity index is 1090. The molecule has 0 aromatic carbocycles. The van der Waals surface area contributed by atoms with Crippen LogP contribution in [0.5, 0.6) is 0 Å². The van der Waals surface area contributed by atoms with E-state index < -0.39 is 75.7 Å². The van der Waals surface area contributed by atoms with Gasteiger partial charge in [-0.1, -0.05) is 167 Å². The fourth-order valence-corrected chi connectivity index (χ4v) is 8.26. The fourth-order valence-electron chi connectivity index (χ4n) is 7.28. The molecule has 0 spiro atoms. The molecule has 13 nitrogen and oxygen atoms in total. The van der Waals surface area contributed by atoms with E-state index in [1.807, 2.05) is 0 Å². The van der Waals surface area contributed by atoms with Crippen molar-refractivity contribution in [3.05, 3.63) is 12.2 Å². The lowest BCUT2D eigenvalue weighted by Crippen LogP contribution is -2.64. The Balaban J connectivity index is 2.46. The molecule has 1 aliphatic rings. The summed E-state index contributed by atoms with van der Waals surface area (Å²) >= 11 is 0. The first-order valence-electron chi connectivity index (χ1n) is 23.5. The molecule has 1 saturated carbocycles. The Morgan fingerprint density at radius 2 is 0.864 bits per heavy atom. The lowest BCUT2D eigenvalue weighted by molar-refractivity contribution is -0.220. The number of esters is 2. The number of phosphoric ester groups is 1. The summed E-state index contributed by atoms with van der Waals surface area (Å²) in [4.78, 5) is 35.7. The van der Waals surface area contributed by atoms with Crippen LogP contribution in [0.2, 0.25) is 0 Å². The number of aliphatic hydroxyl groups excluding tert-OH is 5. The zero-order chi connectivity index (χ0) is 43.6. The summed E-state index contributed by atoms with van der Waals surface area (Å²) in [5, 5.41) is 50.1. The number of phosphoric acid groups is 1. The van der Waals surface area contributed by atoms with Crippen molar-refractivity contribution in [2.24, 2.45) is 0 Å². The monoisotopic (exact) mass is 865 g/mol. The van der Waals surface area contributed by atoms with Gasteiger partial charge >= 0.3 is 19.8 Å². The molecule has 348 valence electrons. The van der Waals surface area contributed by atoms with E-state index in [9.17, 15) is 44.6 Å². The smallest absolute Gasteiger partial charge is 0.462 e. The number of allylic oxidation sites excluding steroid dienone is 2. The van der Waals surface area contributed by atoms with Gasteiger partial charge in [0.15, 0.2) is 6.10 Å². The first-order chi connectivity index (χ1) is 28.4. The molecule has 59 heavy (non-hydrogen) atoms. The molecule has 0 aliphatic heterocycles. The van der Waals surface area contributed by atoms with Crippen molar-refractivity contribution in [2.45, 2.75) is 249 Å². The second-order valence-corrected chi connectivity index (χ2v) is 18.0. The highest BCUT2D eigenvalue weighted by Crippen LogP contribution is 2.47. The van der Waals surface area contributed by atoms with Gasteiger partial charge in [0.05, 0.1) is 6.61 Å². The predicted molar refractivity (Wildman–Crippen MR) is 231 cm³/mol. The van der Waals surface area contributed by atoms with Crippen LogP contribution in [0, 0.1) is 0 Å². The van der Waals surface area contributed by atoms with Gasteiger partial charge in [-0.05, 0) is 38.5 Å². The Morgan fingerprint density at radius 3 is 1.32 bits per heavy atom. The van der Waals surface area contributed by atoms with E-state index in [0.29, 0.717) is 12.8 Å². The van der Waals surface area contributed by atoms with Crippen LogP contribution in [0.1, 0.15) is 206 Å². The molecule has 14 heteroatoms. The number of aliphatic hydroxyl groups is 5. The number of carbonyl (C=O) groups is 2. The molecule has 0 amide bonds. The Morgan fingerprint density at radius 1 is 0.508 bits per heavy atom. The first-order valence-corrected chi connectivity index (χ1v) is 25.0. The van der Waals surface area contributed by atoms with E-state index >= 15 is 0 Å². The Labute approximate surface area is 356 Å². The van der Waals surface area contributed by atoms with Gasteiger partial charge < -0.3 is 39.9 Å². The van der Waals surface area contributed by atoms with Crippen molar-refractivity contribution in [1.82, 2.24) is 0 Å². The molecule has 1 fully saturated rings. The van der Waals surface area contributed by atoms with E-state index in [0.717, 1.165) is 38.5 Å². The van der Waals surface area contributed by atoms with Gasteiger partial charge in [-0.3, -0.25) is 18.6 Å². The minimum atomic E-state index is -5.12. The maximum Gasteiger partial charge on any atom is 0.472 e. The van der Waals surface area contributed by atoms with E-state index in [1.54, 1.807) is 0 Å². The lowest BCUT2D eigenvalue weighted by Gasteiger charge is -2.41. The van der Waals surface area contributed by atoms with Crippen LogP contribution in [0.3, 0.4) is 0 Å². The maximum atomic E-state index is 12.8. The molecule has 8 atom stereocenters. The summed E-state index contributed by atoms with van der Waals surface area (Å²) in [7, 11) is -5.12. The third-order valence-corrected chi connectivity index (χ3v) is 12.1. The number of carbonyl (C=O) groups excluding carboxylic acids is 2. The summed E-state index contributed by atoms with van der Waals surface area (Å²) in [6.45, 7) is 3.30. The molecule has 0 heterocycles. The average molecular weight is 865 g/mol. The standard InChI is InChI=1S/C45H85O13P/c1-3-5-7-9-11-13-15-17-19-21-23-25-27-29-31-33-38(46)55-35-37(36-56-59(53,54)58-45-43(51)41(49)40(48)42(50)44(45)52)57-39(47)34-32-30-28-26-24-22-20-18-16-14-12-10-8-6-4-2/h24,26,37,40-45,48-52H,3-23,25,27-36H2,1-2H3,(H,53,54)/b26-24+/t37-,40?,41-,42?,43?,44?,45?/m1/s1. The average Bonchev–Trinajstić information content (AvgIpc) is 3.21. The van der Waals surface area contributed by atoms with Crippen molar-refractivity contribution >= 4 is 19.8 Å². The van der Waals surface area contributed by atoms with Gasteiger partial charge in [0.1, 0.15) is 43.2 Å². The molecular weight excluding hydrogens is 779 g/mol. The SMILES string of the molecule is CCCCCCCCCCC/C=C/CCCCC(=O)O[C@H](COC(=O)CCCCCCCCCCCCCCCCC)COP(=O)(O)OC1C(O)C(O)C(O)[C@@H](O)C1O. The number of hydrogen-bond donors (Lipinski definition) is 6. The van der Waals surface area contributed by atoms with Crippen molar-refractivity contribution < 1.29 is 63.1 Å². The van der Waals surface area contributed by atoms with Crippen LogP contribution >= 0.6 is 7.82 Å². The van der Waals surface area contributed by atoms with Crippen molar-refractivity contribution in [3.63, 3.8) is 0 Å². The van der Waals surface area contributed by atoms with Crippen LogP contribution < -0.4 is 0 Å². The largest absolute Gasteiger partial charge is 0.472 e. The van der Waals surface area contributed by atoms with E-state index in [1.165, 1.54) is 128 Å². The molecule has 1 aliphatic carbocycles. The summed E-state index contributed by atoms with van der Waals surface area (Å²) < 4.78 is 33.5. The molecule has 0 aromatic rings. The second kappa shape index (κ2) is 36.1. The Hall–Kier alpha value is -1.41. The van der Waals surface area contributed by atoms with Gasteiger partial charge in [0.2, 0.25) is 0 Å². The highest BCUT2D eigenvalue weighted by atomic mass is 31.2. The minimum Gasteiger partial charge on any atom is -0.462 e. The summed E-state index contributed by atoms with van der Waals surface area (Å²) in [6.07, 6.45) is 24.1. The van der Waals surface area contributed by atoms with Crippen LogP contribution in [-0.4, -0.2) is 98.3 Å². The zero-order valence-corrected chi connectivity index (χ0v) is 37.7. The molecule has 0 radical (unpaired) electrons. The van der Waals surface area contributed by atoms with Gasteiger partial charge in [0, 0.05) is 12.8 Å². The minimum absolute atomic E-state index is 0.0709. The molecule has 0 aromatic heterocycles. The second-order valence-electron chi connectivity index (χ2n) is 16.6. The maximum absolute atomic E-state index is 12.8.